The Morgan fingerprint density at radius 3 is 2.95 bits per heavy atom. The molecule has 1 aromatic carbocycles. The number of aliphatic hydroxyl groups is 1. The van der Waals surface area contributed by atoms with Crippen LogP contribution in [0.4, 0.5) is 10.1 Å². The molecule has 3 rings (SSSR count). The van der Waals surface area contributed by atoms with Gasteiger partial charge in [-0.25, -0.2) is 4.39 Å². The topological polar surface area (TPSA) is 23.5 Å². The molecule has 20 heavy (non-hydrogen) atoms. The monoisotopic (exact) mass is 291 g/mol. The van der Waals surface area contributed by atoms with Gasteiger partial charge in [-0.05, 0) is 55.5 Å². The predicted molar refractivity (Wildman–Crippen MR) is 80.8 cm³/mol. The first-order chi connectivity index (χ1) is 9.58. The van der Waals surface area contributed by atoms with Crippen LogP contribution in [0, 0.1) is 5.82 Å². The molecular formula is C16H18FNOS. The SMILES string of the molecule is CC(O)c1cc(F)ccc1N1CCc2sccc2C1C. The van der Waals surface area contributed by atoms with Crippen LogP contribution in [0.1, 0.15) is 42.0 Å². The lowest BCUT2D eigenvalue weighted by Gasteiger charge is -2.37. The fourth-order valence-corrected chi connectivity index (χ4v) is 3.92. The van der Waals surface area contributed by atoms with Gasteiger partial charge in [-0.2, -0.15) is 0 Å². The summed E-state index contributed by atoms with van der Waals surface area (Å²) in [6.45, 7) is 4.75. The molecule has 0 amide bonds. The van der Waals surface area contributed by atoms with E-state index in [1.54, 1.807) is 24.3 Å². The Morgan fingerprint density at radius 2 is 2.20 bits per heavy atom. The third-order valence-electron chi connectivity index (χ3n) is 4.03. The van der Waals surface area contributed by atoms with Crippen LogP contribution in [0.5, 0.6) is 0 Å². The molecular weight excluding hydrogens is 273 g/mol. The number of fused-ring (bicyclic) bond motifs is 1. The van der Waals surface area contributed by atoms with Crippen molar-refractivity contribution in [2.75, 3.05) is 11.4 Å². The van der Waals surface area contributed by atoms with E-state index in [1.807, 2.05) is 0 Å². The molecule has 4 heteroatoms. The van der Waals surface area contributed by atoms with E-state index < -0.39 is 6.10 Å². The highest BCUT2D eigenvalue weighted by Gasteiger charge is 2.27. The number of hydrogen-bond acceptors (Lipinski definition) is 3. The highest BCUT2D eigenvalue weighted by atomic mass is 32.1. The molecule has 2 atom stereocenters. The molecule has 0 radical (unpaired) electrons. The Kier molecular flexibility index (Phi) is 3.52. The summed E-state index contributed by atoms with van der Waals surface area (Å²) in [7, 11) is 0. The van der Waals surface area contributed by atoms with E-state index >= 15 is 0 Å². The quantitative estimate of drug-likeness (QED) is 0.902. The van der Waals surface area contributed by atoms with E-state index in [9.17, 15) is 9.50 Å². The number of rotatable bonds is 2. The van der Waals surface area contributed by atoms with Gasteiger partial charge in [0.1, 0.15) is 5.82 Å². The molecule has 1 aromatic heterocycles. The molecule has 0 fully saturated rings. The van der Waals surface area contributed by atoms with Crippen molar-refractivity contribution in [3.8, 4) is 0 Å². The van der Waals surface area contributed by atoms with E-state index in [-0.39, 0.29) is 11.9 Å². The summed E-state index contributed by atoms with van der Waals surface area (Å²) in [5.74, 6) is -0.300. The second-order valence-corrected chi connectivity index (χ2v) is 6.30. The average molecular weight is 291 g/mol. The smallest absolute Gasteiger partial charge is 0.123 e. The van der Waals surface area contributed by atoms with Crippen LogP contribution in [-0.2, 0) is 6.42 Å². The van der Waals surface area contributed by atoms with Gasteiger partial charge in [0.15, 0.2) is 0 Å². The molecule has 0 saturated carbocycles. The first-order valence-corrected chi connectivity index (χ1v) is 7.76. The maximum absolute atomic E-state index is 13.4. The molecule has 0 aliphatic carbocycles. The lowest BCUT2D eigenvalue weighted by molar-refractivity contribution is 0.199. The van der Waals surface area contributed by atoms with Crippen LogP contribution in [0.2, 0.25) is 0 Å². The zero-order chi connectivity index (χ0) is 14.3. The van der Waals surface area contributed by atoms with Crippen molar-refractivity contribution in [3.05, 3.63) is 51.5 Å². The molecule has 1 N–H and O–H groups in total. The first-order valence-electron chi connectivity index (χ1n) is 6.88. The second kappa shape index (κ2) is 5.19. The zero-order valence-electron chi connectivity index (χ0n) is 11.6. The van der Waals surface area contributed by atoms with Crippen LogP contribution < -0.4 is 4.90 Å². The molecule has 2 heterocycles. The fourth-order valence-electron chi connectivity index (χ4n) is 2.96. The molecule has 0 bridgehead atoms. The van der Waals surface area contributed by atoms with Crippen molar-refractivity contribution in [2.24, 2.45) is 0 Å². The Bertz CT molecular complexity index is 623. The number of aliphatic hydroxyl groups excluding tert-OH is 1. The Morgan fingerprint density at radius 1 is 1.40 bits per heavy atom. The van der Waals surface area contributed by atoms with Crippen LogP contribution >= 0.6 is 11.3 Å². The lowest BCUT2D eigenvalue weighted by atomic mass is 9.98. The predicted octanol–water partition coefficient (Wildman–Crippen LogP) is 4.06. The number of anilines is 1. The van der Waals surface area contributed by atoms with Gasteiger partial charge in [-0.1, -0.05) is 0 Å². The molecule has 0 spiro atoms. The summed E-state index contributed by atoms with van der Waals surface area (Å²) in [5, 5.41) is 12.0. The average Bonchev–Trinajstić information content (AvgIpc) is 2.89. The van der Waals surface area contributed by atoms with Gasteiger partial charge in [-0.3, -0.25) is 0 Å². The minimum atomic E-state index is -0.670. The van der Waals surface area contributed by atoms with Crippen molar-refractivity contribution in [1.82, 2.24) is 0 Å². The first kappa shape index (κ1) is 13.6. The van der Waals surface area contributed by atoms with E-state index in [0.717, 1.165) is 18.7 Å². The van der Waals surface area contributed by atoms with Gasteiger partial charge in [0.05, 0.1) is 12.1 Å². The van der Waals surface area contributed by atoms with E-state index in [0.29, 0.717) is 5.56 Å². The van der Waals surface area contributed by atoms with Gasteiger partial charge in [0.2, 0.25) is 0 Å². The number of thiophene rings is 1. The Hall–Kier alpha value is -1.39. The van der Waals surface area contributed by atoms with Gasteiger partial charge >= 0.3 is 0 Å². The largest absolute Gasteiger partial charge is 0.389 e. The third kappa shape index (κ3) is 2.23. The van der Waals surface area contributed by atoms with Crippen LogP contribution in [0.25, 0.3) is 0 Å². The Labute approximate surface area is 122 Å². The van der Waals surface area contributed by atoms with E-state index in [4.69, 9.17) is 0 Å². The number of nitrogens with zero attached hydrogens (tertiary/aromatic N) is 1. The summed E-state index contributed by atoms with van der Waals surface area (Å²) in [4.78, 5) is 3.70. The zero-order valence-corrected chi connectivity index (χ0v) is 12.5. The summed E-state index contributed by atoms with van der Waals surface area (Å²) in [5.41, 5.74) is 2.95. The normalized spacial score (nSPS) is 19.8. The summed E-state index contributed by atoms with van der Waals surface area (Å²) in [6, 6.07) is 7.12. The van der Waals surface area contributed by atoms with Gasteiger partial charge in [0.25, 0.3) is 0 Å². The summed E-state index contributed by atoms with van der Waals surface area (Å²) >= 11 is 1.80. The molecule has 0 saturated heterocycles. The molecule has 1 aliphatic rings. The minimum absolute atomic E-state index is 0.257. The molecule has 2 unspecified atom stereocenters. The highest BCUT2D eigenvalue weighted by Crippen LogP contribution is 2.38. The van der Waals surface area contributed by atoms with Gasteiger partial charge in [-0.15, -0.1) is 11.3 Å². The number of halogens is 1. The maximum Gasteiger partial charge on any atom is 0.123 e. The molecule has 106 valence electrons. The maximum atomic E-state index is 13.4. The number of benzene rings is 1. The van der Waals surface area contributed by atoms with Crippen LogP contribution in [-0.4, -0.2) is 11.7 Å². The fraction of sp³-hybridized carbons (Fsp3) is 0.375. The van der Waals surface area contributed by atoms with Crippen molar-refractivity contribution in [2.45, 2.75) is 32.4 Å². The summed E-state index contributed by atoms with van der Waals surface area (Å²) < 4.78 is 13.4. The summed E-state index contributed by atoms with van der Waals surface area (Å²) in [6.07, 6.45) is 0.338. The van der Waals surface area contributed by atoms with Crippen molar-refractivity contribution < 1.29 is 9.50 Å². The van der Waals surface area contributed by atoms with Crippen LogP contribution in [0.3, 0.4) is 0 Å². The Balaban J connectivity index is 2.02. The van der Waals surface area contributed by atoms with Crippen molar-refractivity contribution in [3.63, 3.8) is 0 Å². The van der Waals surface area contributed by atoms with E-state index in [1.165, 1.54) is 22.6 Å². The highest BCUT2D eigenvalue weighted by molar-refractivity contribution is 7.10. The van der Waals surface area contributed by atoms with Crippen molar-refractivity contribution >= 4 is 17.0 Å². The lowest BCUT2D eigenvalue weighted by Crippen LogP contribution is -2.34. The van der Waals surface area contributed by atoms with E-state index in [2.05, 4.69) is 23.3 Å². The van der Waals surface area contributed by atoms with Gasteiger partial charge in [0, 0.05) is 22.7 Å². The standard InChI is InChI=1S/C16H18FNOS/c1-10-13-6-8-20-16(13)5-7-18(10)15-4-3-12(17)9-14(15)11(2)19/h3-4,6,8-11,19H,5,7H2,1-2H3. The van der Waals surface area contributed by atoms with Crippen LogP contribution in [0.15, 0.2) is 29.6 Å². The molecule has 1 aliphatic heterocycles. The second-order valence-electron chi connectivity index (χ2n) is 5.30. The molecule has 2 aromatic rings. The minimum Gasteiger partial charge on any atom is -0.389 e. The molecule has 2 nitrogen and oxygen atoms in total. The third-order valence-corrected chi connectivity index (χ3v) is 5.02. The van der Waals surface area contributed by atoms with Gasteiger partial charge < -0.3 is 10.0 Å². The number of hydrogen-bond donors (Lipinski definition) is 1. The van der Waals surface area contributed by atoms with Crippen molar-refractivity contribution in [1.29, 1.82) is 0 Å².